The largest absolute Gasteiger partial charge is 0.459 e. The number of rotatable bonds is 0. The molecule has 0 N–H and O–H groups in total. The number of hydrogen-bond donors (Lipinski definition) is 0. The number of allylic oxidation sites excluding steroid dienone is 1. The number of alkyl halides is 3. The highest BCUT2D eigenvalue weighted by molar-refractivity contribution is 8.33. The summed E-state index contributed by atoms with van der Waals surface area (Å²) in [5.74, 6) is 0. The molecule has 5 heteroatoms. The lowest BCUT2D eigenvalue weighted by Crippen LogP contribution is -2.23. The van der Waals surface area contributed by atoms with Gasteiger partial charge in [-0.15, -0.1) is 0 Å². The van der Waals surface area contributed by atoms with Crippen LogP contribution in [0.2, 0.25) is 0 Å². The summed E-state index contributed by atoms with van der Waals surface area (Å²) in [6.45, 7) is 4.83. The summed E-state index contributed by atoms with van der Waals surface area (Å²) < 4.78 is 54.5. The third-order valence-corrected chi connectivity index (χ3v) is 5.82. The minimum Gasteiger partial charge on any atom is -0.172 e. The van der Waals surface area contributed by atoms with Gasteiger partial charge >= 0.3 is 5.51 Å². The van der Waals surface area contributed by atoms with E-state index in [9.17, 15) is 17.1 Å². The number of halogens is 4. The van der Waals surface area contributed by atoms with Gasteiger partial charge in [-0.2, -0.15) is 17.1 Å². The van der Waals surface area contributed by atoms with Crippen LogP contribution in [0.3, 0.4) is 0 Å². The van der Waals surface area contributed by atoms with E-state index in [1.807, 2.05) is 0 Å². The molecule has 2 rings (SSSR count). The van der Waals surface area contributed by atoms with E-state index in [1.165, 1.54) is 24.3 Å². The van der Waals surface area contributed by atoms with Crippen molar-refractivity contribution in [2.45, 2.75) is 31.2 Å². The molecule has 0 spiro atoms. The fourth-order valence-corrected chi connectivity index (χ4v) is 4.67. The van der Waals surface area contributed by atoms with Crippen molar-refractivity contribution in [1.82, 2.24) is 0 Å². The van der Waals surface area contributed by atoms with Crippen LogP contribution in [0.4, 0.5) is 17.1 Å². The molecule has 0 aliphatic carbocycles. The van der Waals surface area contributed by atoms with Crippen molar-refractivity contribution in [3.05, 3.63) is 34.7 Å². The molecular formula is C13H14F4S. The second-order valence-electron chi connectivity index (χ2n) is 5.28. The normalized spacial score (nSPS) is 27.4. The predicted molar refractivity (Wildman–Crippen MR) is 66.9 cm³/mol. The van der Waals surface area contributed by atoms with Crippen molar-refractivity contribution < 1.29 is 17.1 Å². The van der Waals surface area contributed by atoms with Gasteiger partial charge < -0.3 is 0 Å². The van der Waals surface area contributed by atoms with Crippen molar-refractivity contribution in [1.29, 1.82) is 0 Å². The first-order valence-electron chi connectivity index (χ1n) is 5.49. The van der Waals surface area contributed by atoms with Crippen molar-refractivity contribution in [2.24, 2.45) is 5.41 Å². The molecule has 1 aromatic carbocycles. The van der Waals surface area contributed by atoms with E-state index in [1.54, 1.807) is 26.8 Å². The Morgan fingerprint density at radius 2 is 1.56 bits per heavy atom. The molecular weight excluding hydrogens is 264 g/mol. The van der Waals surface area contributed by atoms with E-state index in [0.717, 1.165) is 0 Å². The lowest BCUT2D eigenvalue weighted by Gasteiger charge is -2.37. The van der Waals surface area contributed by atoms with Gasteiger partial charge in [0.15, 0.2) is 0 Å². The molecule has 0 aromatic heterocycles. The molecule has 1 aliphatic heterocycles. The van der Waals surface area contributed by atoms with Crippen molar-refractivity contribution >= 4 is 16.5 Å². The molecule has 0 saturated heterocycles. The summed E-state index contributed by atoms with van der Waals surface area (Å²) in [7, 11) is -4.42. The summed E-state index contributed by atoms with van der Waals surface area (Å²) in [5.41, 5.74) is -5.37. The van der Waals surface area contributed by atoms with Crippen molar-refractivity contribution in [3.8, 4) is 0 Å². The molecule has 100 valence electrons. The first-order chi connectivity index (χ1) is 8.08. The quantitative estimate of drug-likeness (QED) is 0.537. The zero-order chi connectivity index (χ0) is 13.8. The SMILES string of the molecule is CC(C)(C)C1=Cc2ccccc2S1(F)C(F)(F)F. The molecule has 0 fully saturated rings. The molecule has 0 saturated carbocycles. The highest BCUT2D eigenvalue weighted by Gasteiger charge is 2.60. The van der Waals surface area contributed by atoms with Gasteiger partial charge in [0.2, 0.25) is 0 Å². The first kappa shape index (κ1) is 13.5. The highest BCUT2D eigenvalue weighted by atomic mass is 32.3. The highest BCUT2D eigenvalue weighted by Crippen LogP contribution is 2.80. The summed E-state index contributed by atoms with van der Waals surface area (Å²) in [5, 5.41) is 0. The summed E-state index contributed by atoms with van der Waals surface area (Å²) >= 11 is 0. The van der Waals surface area contributed by atoms with E-state index in [4.69, 9.17) is 0 Å². The molecule has 0 amide bonds. The van der Waals surface area contributed by atoms with Crippen LogP contribution in [0.1, 0.15) is 26.3 Å². The lowest BCUT2D eigenvalue weighted by atomic mass is 9.95. The van der Waals surface area contributed by atoms with Crippen LogP contribution < -0.4 is 0 Å². The van der Waals surface area contributed by atoms with Gasteiger partial charge in [0, 0.05) is 9.80 Å². The van der Waals surface area contributed by atoms with Gasteiger partial charge in [-0.1, -0.05) is 39.0 Å². The molecule has 0 nitrogen and oxygen atoms in total. The van der Waals surface area contributed by atoms with Crippen LogP contribution in [-0.2, 0) is 0 Å². The van der Waals surface area contributed by atoms with E-state index in [2.05, 4.69) is 0 Å². The van der Waals surface area contributed by atoms with Crippen molar-refractivity contribution in [2.75, 3.05) is 0 Å². The van der Waals surface area contributed by atoms with Gasteiger partial charge in [-0.25, -0.2) is 0 Å². The topological polar surface area (TPSA) is 0 Å². The smallest absolute Gasteiger partial charge is 0.172 e. The van der Waals surface area contributed by atoms with E-state index in [-0.39, 0.29) is 9.80 Å². The Morgan fingerprint density at radius 1 is 1.00 bits per heavy atom. The van der Waals surface area contributed by atoms with Crippen LogP contribution in [0.25, 0.3) is 6.08 Å². The second-order valence-corrected chi connectivity index (χ2v) is 7.70. The van der Waals surface area contributed by atoms with Crippen LogP contribution >= 0.6 is 10.4 Å². The Labute approximate surface area is 105 Å². The zero-order valence-electron chi connectivity index (χ0n) is 10.3. The Bertz CT molecular complexity index is 510. The third-order valence-electron chi connectivity index (χ3n) is 2.87. The zero-order valence-corrected chi connectivity index (χ0v) is 11.1. The Kier molecular flexibility index (Phi) is 2.81. The fourth-order valence-electron chi connectivity index (χ4n) is 2.08. The molecule has 0 radical (unpaired) electrons. The monoisotopic (exact) mass is 278 g/mol. The maximum atomic E-state index is 14.9. The molecule has 0 bridgehead atoms. The van der Waals surface area contributed by atoms with E-state index in [0.29, 0.717) is 5.56 Å². The minimum atomic E-state index is -4.86. The summed E-state index contributed by atoms with van der Waals surface area (Å²) in [6.07, 6.45) is 1.36. The minimum absolute atomic E-state index is 0.149. The molecule has 1 atom stereocenters. The van der Waals surface area contributed by atoms with Gasteiger partial charge in [-0.3, -0.25) is 0 Å². The van der Waals surface area contributed by atoms with Crippen LogP contribution in [0.15, 0.2) is 34.1 Å². The number of benzene rings is 1. The maximum absolute atomic E-state index is 14.9. The first-order valence-corrected chi connectivity index (χ1v) is 7.02. The number of fused-ring (bicyclic) bond motifs is 1. The molecule has 1 aromatic rings. The van der Waals surface area contributed by atoms with Crippen LogP contribution in [0.5, 0.6) is 0 Å². The Balaban J connectivity index is 2.72. The van der Waals surface area contributed by atoms with Gasteiger partial charge in [0.1, 0.15) is 0 Å². The fraction of sp³-hybridized carbons (Fsp3) is 0.385. The molecule has 1 unspecified atom stereocenters. The van der Waals surface area contributed by atoms with Crippen LogP contribution in [0, 0.1) is 5.41 Å². The second kappa shape index (κ2) is 3.76. The molecule has 1 heterocycles. The Morgan fingerprint density at radius 3 is 2.06 bits per heavy atom. The Hall–Kier alpha value is -0.970. The maximum Gasteiger partial charge on any atom is 0.459 e. The van der Waals surface area contributed by atoms with Crippen molar-refractivity contribution in [3.63, 3.8) is 0 Å². The van der Waals surface area contributed by atoms with Crippen LogP contribution in [-0.4, -0.2) is 5.51 Å². The predicted octanol–water partition coefficient (Wildman–Crippen LogP) is 5.66. The van der Waals surface area contributed by atoms with Gasteiger partial charge in [0.05, 0.1) is 10.4 Å². The number of hydrogen-bond acceptors (Lipinski definition) is 0. The average molecular weight is 278 g/mol. The van der Waals surface area contributed by atoms with E-state index >= 15 is 0 Å². The standard InChI is InChI=1S/C13H14F4S/c1-12(2,3)11-8-9-6-4-5-7-10(9)18(11,17)13(14,15)16/h4-8H,1-3H3. The van der Waals surface area contributed by atoms with Gasteiger partial charge in [0.25, 0.3) is 0 Å². The van der Waals surface area contributed by atoms with E-state index < -0.39 is 21.3 Å². The lowest BCUT2D eigenvalue weighted by molar-refractivity contribution is -0.0416. The molecule has 18 heavy (non-hydrogen) atoms. The molecule has 1 aliphatic rings. The third kappa shape index (κ3) is 1.76. The average Bonchev–Trinajstić information content (AvgIpc) is 2.53. The van der Waals surface area contributed by atoms with Gasteiger partial charge in [-0.05, 0) is 23.1 Å². The summed E-state index contributed by atoms with van der Waals surface area (Å²) in [6, 6.07) is 5.84. The summed E-state index contributed by atoms with van der Waals surface area (Å²) in [4.78, 5) is -0.369.